The topological polar surface area (TPSA) is 97.3 Å². The molecule has 2 aromatic carbocycles. The fourth-order valence-electron chi connectivity index (χ4n) is 2.71. The molecule has 1 heterocycles. The largest absolute Gasteiger partial charge is 0.322 e. The highest BCUT2D eigenvalue weighted by atomic mass is 32.2. The summed E-state index contributed by atoms with van der Waals surface area (Å²) in [6, 6.07) is 17.7. The van der Waals surface area contributed by atoms with Crippen molar-refractivity contribution in [3.63, 3.8) is 0 Å². The Morgan fingerprint density at radius 2 is 1.80 bits per heavy atom. The highest BCUT2D eigenvalue weighted by Gasteiger charge is 2.15. The molecule has 0 bridgehead atoms. The van der Waals surface area contributed by atoms with Crippen molar-refractivity contribution in [3.8, 4) is 12.3 Å². The van der Waals surface area contributed by atoms with E-state index in [1.165, 1.54) is 30.3 Å². The highest BCUT2D eigenvalue weighted by molar-refractivity contribution is 7.89. The Labute approximate surface area is 174 Å². The van der Waals surface area contributed by atoms with Gasteiger partial charge in [-0.05, 0) is 42.0 Å². The minimum absolute atomic E-state index is 0.0472. The molecular formula is C22H19N3O4S. The molecule has 3 aromatic rings. The maximum Gasteiger partial charge on any atom is 0.255 e. The molecule has 7 nitrogen and oxygen atoms in total. The smallest absolute Gasteiger partial charge is 0.255 e. The van der Waals surface area contributed by atoms with Crippen LogP contribution in [-0.4, -0.2) is 25.4 Å². The lowest BCUT2D eigenvalue weighted by Crippen LogP contribution is -2.24. The number of benzene rings is 2. The number of nitrogens with one attached hydrogen (secondary N) is 2. The number of amides is 1. The van der Waals surface area contributed by atoms with E-state index in [2.05, 4.69) is 16.0 Å². The summed E-state index contributed by atoms with van der Waals surface area (Å²) in [6.45, 7) is 0.276. The van der Waals surface area contributed by atoms with Gasteiger partial charge >= 0.3 is 0 Å². The van der Waals surface area contributed by atoms with Crippen LogP contribution in [0.3, 0.4) is 0 Å². The monoisotopic (exact) mass is 421 g/mol. The van der Waals surface area contributed by atoms with Crippen molar-refractivity contribution in [2.45, 2.75) is 11.4 Å². The van der Waals surface area contributed by atoms with E-state index in [9.17, 15) is 18.0 Å². The van der Waals surface area contributed by atoms with Gasteiger partial charge in [-0.3, -0.25) is 9.59 Å². The molecule has 0 unspecified atom stereocenters. The molecule has 0 aliphatic rings. The third-order valence-corrected chi connectivity index (χ3v) is 5.63. The van der Waals surface area contributed by atoms with Crippen molar-refractivity contribution in [3.05, 3.63) is 94.4 Å². The molecule has 1 aromatic heterocycles. The van der Waals surface area contributed by atoms with Crippen molar-refractivity contribution in [1.29, 1.82) is 0 Å². The van der Waals surface area contributed by atoms with Crippen molar-refractivity contribution in [2.24, 2.45) is 0 Å². The van der Waals surface area contributed by atoms with E-state index >= 15 is 0 Å². The van der Waals surface area contributed by atoms with Crippen LogP contribution in [0.4, 0.5) is 5.69 Å². The number of terminal acetylenes is 1. The second kappa shape index (κ2) is 9.22. The number of rotatable bonds is 7. The Balaban J connectivity index is 1.71. The highest BCUT2D eigenvalue weighted by Crippen LogP contribution is 2.15. The summed E-state index contributed by atoms with van der Waals surface area (Å²) in [6.07, 6.45) is 6.79. The van der Waals surface area contributed by atoms with Crippen molar-refractivity contribution >= 4 is 21.6 Å². The van der Waals surface area contributed by atoms with Crippen LogP contribution < -0.4 is 15.6 Å². The van der Waals surface area contributed by atoms with E-state index in [0.717, 1.165) is 5.56 Å². The number of anilines is 1. The molecule has 0 fully saturated rings. The second-order valence-electron chi connectivity index (χ2n) is 6.37. The molecular weight excluding hydrogens is 402 g/mol. The molecule has 0 saturated carbocycles. The molecule has 152 valence electrons. The SMILES string of the molecule is C#CCNS(=O)(=O)c1cccc(C(=O)Nc2ccc(Cn3ccccc3=O)cc2)c1. The predicted molar refractivity (Wildman–Crippen MR) is 115 cm³/mol. The fourth-order valence-corrected chi connectivity index (χ4v) is 3.69. The maximum atomic E-state index is 12.5. The molecule has 0 aliphatic heterocycles. The number of pyridine rings is 1. The van der Waals surface area contributed by atoms with Gasteiger partial charge < -0.3 is 9.88 Å². The van der Waals surface area contributed by atoms with E-state index < -0.39 is 15.9 Å². The molecule has 0 aliphatic carbocycles. The Bertz CT molecular complexity index is 1260. The van der Waals surface area contributed by atoms with Crippen LogP contribution in [0.25, 0.3) is 0 Å². The van der Waals surface area contributed by atoms with Crippen molar-refractivity contribution in [2.75, 3.05) is 11.9 Å². The van der Waals surface area contributed by atoms with Gasteiger partial charge in [0, 0.05) is 23.5 Å². The van der Waals surface area contributed by atoms with Gasteiger partial charge in [-0.15, -0.1) is 6.42 Å². The van der Waals surface area contributed by atoms with Gasteiger partial charge in [0.2, 0.25) is 10.0 Å². The Morgan fingerprint density at radius 1 is 1.03 bits per heavy atom. The zero-order chi connectivity index (χ0) is 21.6. The number of sulfonamides is 1. The summed E-state index contributed by atoms with van der Waals surface area (Å²) in [5.41, 5.74) is 1.54. The molecule has 0 atom stereocenters. The van der Waals surface area contributed by atoms with E-state index in [4.69, 9.17) is 6.42 Å². The summed E-state index contributed by atoms with van der Waals surface area (Å²) in [4.78, 5) is 24.3. The van der Waals surface area contributed by atoms with E-state index in [1.807, 2.05) is 0 Å². The molecule has 8 heteroatoms. The maximum absolute atomic E-state index is 12.5. The van der Waals surface area contributed by atoms with Crippen LogP contribution in [0.5, 0.6) is 0 Å². The van der Waals surface area contributed by atoms with E-state index in [1.54, 1.807) is 47.2 Å². The number of carbonyl (C=O) groups is 1. The Morgan fingerprint density at radius 3 is 2.50 bits per heavy atom. The summed E-state index contributed by atoms with van der Waals surface area (Å²) in [5.74, 6) is 1.75. The number of aromatic nitrogens is 1. The fraction of sp³-hybridized carbons (Fsp3) is 0.0909. The first-order valence-electron chi connectivity index (χ1n) is 8.98. The minimum atomic E-state index is -3.79. The van der Waals surface area contributed by atoms with Crippen molar-refractivity contribution in [1.82, 2.24) is 9.29 Å². The summed E-state index contributed by atoms with van der Waals surface area (Å²) in [7, 11) is -3.79. The van der Waals surface area contributed by atoms with Crippen LogP contribution in [0.2, 0.25) is 0 Å². The standard InChI is InChI=1S/C22H19N3O4S/c1-2-13-23-30(28,29)20-7-5-6-18(15-20)22(27)24-19-11-9-17(10-12-19)16-25-14-4-3-8-21(25)26/h1,3-12,14-15,23H,13,16H2,(H,24,27). The quantitative estimate of drug-likeness (QED) is 0.571. The summed E-state index contributed by atoms with van der Waals surface area (Å²) in [5, 5.41) is 2.73. The minimum Gasteiger partial charge on any atom is -0.322 e. The third kappa shape index (κ3) is 5.23. The van der Waals surface area contributed by atoms with Gasteiger partial charge in [0.1, 0.15) is 0 Å². The Hall–Kier alpha value is -3.67. The summed E-state index contributed by atoms with van der Waals surface area (Å²) >= 11 is 0. The van der Waals surface area contributed by atoms with Crippen LogP contribution in [-0.2, 0) is 16.6 Å². The average molecular weight is 421 g/mol. The second-order valence-corrected chi connectivity index (χ2v) is 8.14. The van der Waals surface area contributed by atoms with Gasteiger partial charge in [-0.25, -0.2) is 8.42 Å². The number of nitrogens with zero attached hydrogens (tertiary/aromatic N) is 1. The lowest BCUT2D eigenvalue weighted by molar-refractivity contribution is 0.102. The van der Waals surface area contributed by atoms with Gasteiger partial charge in [0.05, 0.1) is 18.0 Å². The first kappa shape index (κ1) is 21.0. The van der Waals surface area contributed by atoms with Gasteiger partial charge in [-0.1, -0.05) is 30.2 Å². The predicted octanol–water partition coefficient (Wildman–Crippen LogP) is 2.06. The van der Waals surface area contributed by atoms with Crippen LogP contribution in [0.1, 0.15) is 15.9 Å². The molecule has 30 heavy (non-hydrogen) atoms. The van der Waals surface area contributed by atoms with Gasteiger partial charge in [0.15, 0.2) is 0 Å². The third-order valence-electron chi connectivity index (χ3n) is 4.23. The average Bonchev–Trinajstić information content (AvgIpc) is 2.75. The number of hydrogen-bond donors (Lipinski definition) is 2. The van der Waals surface area contributed by atoms with E-state index in [-0.39, 0.29) is 22.6 Å². The van der Waals surface area contributed by atoms with Gasteiger partial charge in [-0.2, -0.15) is 4.72 Å². The van der Waals surface area contributed by atoms with Gasteiger partial charge in [0.25, 0.3) is 11.5 Å². The zero-order valence-corrected chi connectivity index (χ0v) is 16.7. The molecule has 2 N–H and O–H groups in total. The molecule has 3 rings (SSSR count). The normalized spacial score (nSPS) is 10.9. The Kier molecular flexibility index (Phi) is 6.47. The van der Waals surface area contributed by atoms with Crippen molar-refractivity contribution < 1.29 is 13.2 Å². The zero-order valence-electron chi connectivity index (χ0n) is 15.9. The molecule has 1 amide bonds. The van der Waals surface area contributed by atoms with Crippen LogP contribution in [0, 0.1) is 12.3 Å². The molecule has 0 radical (unpaired) electrons. The lowest BCUT2D eigenvalue weighted by Gasteiger charge is -2.09. The van der Waals surface area contributed by atoms with Crippen LogP contribution in [0.15, 0.2) is 82.6 Å². The van der Waals surface area contributed by atoms with Crippen LogP contribution >= 0.6 is 0 Å². The van der Waals surface area contributed by atoms with E-state index in [0.29, 0.717) is 12.2 Å². The molecule has 0 spiro atoms. The lowest BCUT2D eigenvalue weighted by atomic mass is 10.1. The summed E-state index contributed by atoms with van der Waals surface area (Å²) < 4.78 is 28.2. The number of carbonyl (C=O) groups excluding carboxylic acids is 1. The molecule has 0 saturated heterocycles. The first-order chi connectivity index (χ1) is 14.4. The first-order valence-corrected chi connectivity index (χ1v) is 10.5. The number of hydrogen-bond acceptors (Lipinski definition) is 4.